The summed E-state index contributed by atoms with van der Waals surface area (Å²) in [6, 6.07) is 5.17. The molecular weight excluding hydrogens is 250 g/mol. The summed E-state index contributed by atoms with van der Waals surface area (Å²) in [5.74, 6) is 0.516. The Balaban J connectivity index is 2.71. The number of nitrogens with two attached hydrogens (primary N) is 1. The Morgan fingerprint density at radius 2 is 2.12 bits per heavy atom. The fraction of sp³-hybridized carbons (Fsp3) is 0.400. The van der Waals surface area contributed by atoms with Gasteiger partial charge in [-0.1, -0.05) is 17.7 Å². The molecule has 1 aromatic carbocycles. The number of benzene rings is 1. The van der Waals surface area contributed by atoms with Crippen LogP contribution in [0.5, 0.6) is 5.75 Å². The van der Waals surface area contributed by atoms with E-state index in [1.807, 2.05) is 0 Å². The van der Waals surface area contributed by atoms with Crippen molar-refractivity contribution in [2.75, 3.05) is 18.6 Å². The molecule has 0 amide bonds. The van der Waals surface area contributed by atoms with E-state index in [0.717, 1.165) is 6.26 Å². The zero-order chi connectivity index (χ0) is 12.2. The summed E-state index contributed by atoms with van der Waals surface area (Å²) in [5.41, 5.74) is 6.22. The Bertz CT molecular complexity index is 459. The maximum Gasteiger partial charge on any atom is 0.150 e. The average Bonchev–Trinajstić information content (AvgIpc) is 2.16. The van der Waals surface area contributed by atoms with E-state index >= 15 is 0 Å². The van der Waals surface area contributed by atoms with Crippen molar-refractivity contribution < 1.29 is 13.2 Å². The molecule has 0 radical (unpaired) electrons. The molecule has 0 atom stereocenters. The van der Waals surface area contributed by atoms with Gasteiger partial charge in [0.05, 0.1) is 5.75 Å². The normalized spacial score (nSPS) is 11.4. The average molecular weight is 264 g/mol. The van der Waals surface area contributed by atoms with Crippen LogP contribution in [0.25, 0.3) is 0 Å². The summed E-state index contributed by atoms with van der Waals surface area (Å²) in [6.07, 6.45) is 1.16. The monoisotopic (exact) mass is 263 g/mol. The van der Waals surface area contributed by atoms with Crippen LogP contribution in [0.2, 0.25) is 5.02 Å². The minimum atomic E-state index is -3.01. The van der Waals surface area contributed by atoms with Crippen LogP contribution >= 0.6 is 11.6 Å². The van der Waals surface area contributed by atoms with Gasteiger partial charge in [-0.15, -0.1) is 0 Å². The summed E-state index contributed by atoms with van der Waals surface area (Å²) in [7, 11) is -3.01. The lowest BCUT2D eigenvalue weighted by atomic mass is 10.2. The predicted molar refractivity (Wildman–Crippen MR) is 64.5 cm³/mol. The van der Waals surface area contributed by atoms with Gasteiger partial charge in [0, 0.05) is 23.4 Å². The zero-order valence-corrected chi connectivity index (χ0v) is 10.5. The molecule has 6 heteroatoms. The zero-order valence-electron chi connectivity index (χ0n) is 8.94. The molecule has 4 nitrogen and oxygen atoms in total. The van der Waals surface area contributed by atoms with Gasteiger partial charge in [-0.25, -0.2) is 8.42 Å². The van der Waals surface area contributed by atoms with E-state index in [9.17, 15) is 8.42 Å². The standard InChI is InChI=1S/C10H14ClNO3S/c1-16(13,14)6-5-15-10-4-2-3-9(11)8(10)7-12/h2-4H,5-7,12H2,1H3. The van der Waals surface area contributed by atoms with Gasteiger partial charge in [0.25, 0.3) is 0 Å². The van der Waals surface area contributed by atoms with Crippen molar-refractivity contribution in [2.45, 2.75) is 6.54 Å². The number of hydrogen-bond donors (Lipinski definition) is 1. The Morgan fingerprint density at radius 1 is 1.44 bits per heavy atom. The molecule has 1 rings (SSSR count). The third-order valence-corrected chi connectivity index (χ3v) is 3.25. The first-order valence-corrected chi connectivity index (χ1v) is 7.16. The topological polar surface area (TPSA) is 69.4 Å². The molecule has 0 saturated heterocycles. The fourth-order valence-corrected chi connectivity index (χ4v) is 1.80. The Labute approximate surface area is 100 Å². The minimum Gasteiger partial charge on any atom is -0.492 e. The molecule has 0 saturated carbocycles. The van der Waals surface area contributed by atoms with Crippen molar-refractivity contribution in [3.63, 3.8) is 0 Å². The fourth-order valence-electron chi connectivity index (χ4n) is 1.18. The molecule has 0 fully saturated rings. The smallest absolute Gasteiger partial charge is 0.150 e. The molecule has 0 aliphatic rings. The second-order valence-electron chi connectivity index (χ2n) is 3.40. The number of rotatable bonds is 5. The molecule has 0 aliphatic carbocycles. The molecule has 0 aliphatic heterocycles. The Hall–Kier alpha value is -0.780. The molecule has 0 heterocycles. The molecule has 0 bridgehead atoms. The third kappa shape index (κ3) is 4.00. The lowest BCUT2D eigenvalue weighted by molar-refractivity contribution is 0.337. The van der Waals surface area contributed by atoms with Crippen molar-refractivity contribution in [3.05, 3.63) is 28.8 Å². The quantitative estimate of drug-likeness (QED) is 0.867. The Kier molecular flexibility index (Phi) is 4.58. The highest BCUT2D eigenvalue weighted by molar-refractivity contribution is 7.90. The molecule has 0 aromatic heterocycles. The van der Waals surface area contributed by atoms with Gasteiger partial charge in [-0.05, 0) is 12.1 Å². The van der Waals surface area contributed by atoms with Crippen LogP contribution in [-0.4, -0.2) is 27.0 Å². The molecule has 2 N–H and O–H groups in total. The van der Waals surface area contributed by atoms with Crippen LogP contribution in [0.15, 0.2) is 18.2 Å². The van der Waals surface area contributed by atoms with Gasteiger partial charge in [0.1, 0.15) is 12.4 Å². The number of sulfone groups is 1. The van der Waals surface area contributed by atoms with Crippen molar-refractivity contribution in [3.8, 4) is 5.75 Å². The second kappa shape index (κ2) is 5.52. The molecule has 0 unspecified atom stereocenters. The van der Waals surface area contributed by atoms with Gasteiger partial charge in [0.15, 0.2) is 9.84 Å². The third-order valence-electron chi connectivity index (χ3n) is 1.99. The van der Waals surface area contributed by atoms with Gasteiger partial charge in [-0.2, -0.15) is 0 Å². The van der Waals surface area contributed by atoms with E-state index in [0.29, 0.717) is 16.3 Å². The lowest BCUT2D eigenvalue weighted by Gasteiger charge is -2.10. The van der Waals surface area contributed by atoms with Gasteiger partial charge in [0.2, 0.25) is 0 Å². The minimum absolute atomic E-state index is 0.0243. The van der Waals surface area contributed by atoms with Crippen LogP contribution in [-0.2, 0) is 16.4 Å². The van der Waals surface area contributed by atoms with Crippen LogP contribution in [0, 0.1) is 0 Å². The van der Waals surface area contributed by atoms with Gasteiger partial charge >= 0.3 is 0 Å². The first-order valence-electron chi connectivity index (χ1n) is 4.72. The van der Waals surface area contributed by atoms with E-state index in [1.165, 1.54) is 0 Å². The maximum absolute atomic E-state index is 10.9. The van der Waals surface area contributed by atoms with E-state index in [-0.39, 0.29) is 18.9 Å². The van der Waals surface area contributed by atoms with Crippen LogP contribution in [0.3, 0.4) is 0 Å². The van der Waals surface area contributed by atoms with Crippen LogP contribution < -0.4 is 10.5 Å². The highest BCUT2D eigenvalue weighted by Crippen LogP contribution is 2.25. The molecule has 90 valence electrons. The summed E-state index contributed by atoms with van der Waals surface area (Å²) >= 11 is 5.92. The van der Waals surface area contributed by atoms with E-state index in [4.69, 9.17) is 22.1 Å². The van der Waals surface area contributed by atoms with Gasteiger partial charge < -0.3 is 10.5 Å². The molecule has 1 aromatic rings. The largest absolute Gasteiger partial charge is 0.492 e. The van der Waals surface area contributed by atoms with E-state index < -0.39 is 9.84 Å². The summed E-state index contributed by atoms with van der Waals surface area (Å²) in [6.45, 7) is 0.361. The highest BCUT2D eigenvalue weighted by atomic mass is 35.5. The summed E-state index contributed by atoms with van der Waals surface area (Å²) in [4.78, 5) is 0. The van der Waals surface area contributed by atoms with E-state index in [2.05, 4.69) is 0 Å². The predicted octanol–water partition coefficient (Wildman–Crippen LogP) is 1.22. The Morgan fingerprint density at radius 3 is 2.69 bits per heavy atom. The summed E-state index contributed by atoms with van der Waals surface area (Å²) in [5, 5.41) is 0.527. The maximum atomic E-state index is 10.9. The van der Waals surface area contributed by atoms with Gasteiger partial charge in [-0.3, -0.25) is 0 Å². The number of ether oxygens (including phenoxy) is 1. The first-order chi connectivity index (χ1) is 7.44. The first kappa shape index (κ1) is 13.3. The van der Waals surface area contributed by atoms with E-state index in [1.54, 1.807) is 18.2 Å². The highest BCUT2D eigenvalue weighted by Gasteiger charge is 2.08. The molecular formula is C10H14ClNO3S. The molecule has 0 spiro atoms. The molecule has 16 heavy (non-hydrogen) atoms. The lowest BCUT2D eigenvalue weighted by Crippen LogP contribution is -2.13. The van der Waals surface area contributed by atoms with Crippen molar-refractivity contribution in [1.82, 2.24) is 0 Å². The van der Waals surface area contributed by atoms with Crippen molar-refractivity contribution in [1.29, 1.82) is 0 Å². The van der Waals surface area contributed by atoms with Crippen LogP contribution in [0.4, 0.5) is 0 Å². The summed E-state index contributed by atoms with van der Waals surface area (Å²) < 4.78 is 27.2. The SMILES string of the molecule is CS(=O)(=O)CCOc1cccc(Cl)c1CN. The van der Waals surface area contributed by atoms with Crippen molar-refractivity contribution >= 4 is 21.4 Å². The van der Waals surface area contributed by atoms with Crippen molar-refractivity contribution in [2.24, 2.45) is 5.73 Å². The number of hydrogen-bond acceptors (Lipinski definition) is 4. The van der Waals surface area contributed by atoms with Crippen LogP contribution in [0.1, 0.15) is 5.56 Å². The second-order valence-corrected chi connectivity index (χ2v) is 6.07. The number of halogens is 1.